The molecular formula is C24H24N6O2S. The summed E-state index contributed by atoms with van der Waals surface area (Å²) in [5.74, 6) is 2.04. The third kappa shape index (κ3) is 4.50. The number of aryl methyl sites for hydroxylation is 1. The molecule has 5 rings (SSSR count). The second-order valence-electron chi connectivity index (χ2n) is 7.97. The molecule has 1 N–H and O–H groups in total. The fourth-order valence-electron chi connectivity index (χ4n) is 3.94. The van der Waals surface area contributed by atoms with Crippen LogP contribution in [0.3, 0.4) is 0 Å². The first-order valence-corrected chi connectivity index (χ1v) is 12.2. The van der Waals surface area contributed by atoms with Gasteiger partial charge < -0.3 is 10.2 Å². The number of nitrogens with one attached hydrogen (secondary N) is 1. The maximum Gasteiger partial charge on any atom is 0.243 e. The maximum absolute atomic E-state index is 13.2. The number of hydrogen-bond donors (Lipinski definition) is 1. The fourth-order valence-corrected chi connectivity index (χ4v) is 5.40. The van der Waals surface area contributed by atoms with Crippen LogP contribution >= 0.6 is 0 Å². The van der Waals surface area contributed by atoms with Crippen molar-refractivity contribution in [3.63, 3.8) is 0 Å². The molecule has 0 spiro atoms. The van der Waals surface area contributed by atoms with Gasteiger partial charge in [-0.05, 0) is 54.1 Å². The molecule has 0 amide bonds. The van der Waals surface area contributed by atoms with Crippen molar-refractivity contribution in [3.8, 4) is 0 Å². The molecule has 2 aromatic heterocycles. The third-order valence-electron chi connectivity index (χ3n) is 5.72. The Morgan fingerprint density at radius 3 is 2.30 bits per heavy atom. The lowest BCUT2D eigenvalue weighted by molar-refractivity contribution is 0.383. The molecule has 0 saturated carbocycles. The van der Waals surface area contributed by atoms with Gasteiger partial charge in [0.2, 0.25) is 10.0 Å². The summed E-state index contributed by atoms with van der Waals surface area (Å²) in [7, 11) is -3.55. The Hall–Kier alpha value is -3.56. The molecule has 0 aliphatic carbocycles. The number of benzene rings is 2. The molecule has 0 radical (unpaired) electrons. The van der Waals surface area contributed by atoms with Gasteiger partial charge in [-0.25, -0.2) is 13.4 Å². The summed E-state index contributed by atoms with van der Waals surface area (Å²) in [5.41, 5.74) is 0.918. The van der Waals surface area contributed by atoms with Gasteiger partial charge in [0.15, 0.2) is 11.6 Å². The number of piperazine rings is 1. The van der Waals surface area contributed by atoms with Crippen LogP contribution in [0.5, 0.6) is 0 Å². The summed E-state index contributed by atoms with van der Waals surface area (Å²) in [6.07, 6.45) is 0. The van der Waals surface area contributed by atoms with E-state index in [1.165, 1.54) is 0 Å². The van der Waals surface area contributed by atoms with Gasteiger partial charge in [-0.1, -0.05) is 36.4 Å². The van der Waals surface area contributed by atoms with E-state index in [1.54, 1.807) is 16.4 Å². The lowest BCUT2D eigenvalue weighted by atomic mass is 10.1. The molecule has 4 aromatic rings. The van der Waals surface area contributed by atoms with Crippen molar-refractivity contribution in [1.82, 2.24) is 19.5 Å². The Balaban J connectivity index is 1.24. The van der Waals surface area contributed by atoms with Gasteiger partial charge in [0.1, 0.15) is 5.82 Å². The van der Waals surface area contributed by atoms with Crippen LogP contribution in [0.4, 0.5) is 17.5 Å². The van der Waals surface area contributed by atoms with E-state index >= 15 is 0 Å². The minimum Gasteiger partial charge on any atom is -0.352 e. The molecular weight excluding hydrogens is 436 g/mol. The monoisotopic (exact) mass is 460 g/mol. The van der Waals surface area contributed by atoms with Gasteiger partial charge >= 0.3 is 0 Å². The third-order valence-corrected chi connectivity index (χ3v) is 7.61. The smallest absolute Gasteiger partial charge is 0.243 e. The Morgan fingerprint density at radius 1 is 0.788 bits per heavy atom. The molecule has 0 atom stereocenters. The first-order valence-electron chi connectivity index (χ1n) is 10.8. The number of anilines is 3. The highest BCUT2D eigenvalue weighted by atomic mass is 32.2. The zero-order valence-corrected chi connectivity index (χ0v) is 19.0. The van der Waals surface area contributed by atoms with Crippen molar-refractivity contribution in [2.24, 2.45) is 0 Å². The van der Waals surface area contributed by atoms with Gasteiger partial charge in [-0.3, -0.25) is 0 Å². The van der Waals surface area contributed by atoms with E-state index in [9.17, 15) is 8.42 Å². The molecule has 3 heterocycles. The number of aromatic nitrogens is 3. The lowest BCUT2D eigenvalue weighted by Crippen LogP contribution is -2.49. The number of pyridine rings is 1. The van der Waals surface area contributed by atoms with Crippen LogP contribution in [0.1, 0.15) is 5.69 Å². The van der Waals surface area contributed by atoms with Crippen molar-refractivity contribution in [2.45, 2.75) is 11.8 Å². The minimum absolute atomic E-state index is 0.328. The fraction of sp³-hybridized carbons (Fsp3) is 0.208. The lowest BCUT2D eigenvalue weighted by Gasteiger charge is -2.34. The molecule has 1 aliphatic heterocycles. The number of hydrogen-bond acceptors (Lipinski definition) is 7. The number of nitrogens with zero attached hydrogens (tertiary/aromatic N) is 5. The maximum atomic E-state index is 13.2. The largest absolute Gasteiger partial charge is 0.352 e. The summed E-state index contributed by atoms with van der Waals surface area (Å²) in [5, 5.41) is 13.7. The highest BCUT2D eigenvalue weighted by Crippen LogP contribution is 2.24. The summed E-state index contributed by atoms with van der Waals surface area (Å²) < 4.78 is 27.9. The van der Waals surface area contributed by atoms with Gasteiger partial charge in [0, 0.05) is 31.9 Å². The molecule has 1 saturated heterocycles. The van der Waals surface area contributed by atoms with Crippen molar-refractivity contribution in [1.29, 1.82) is 0 Å². The Morgan fingerprint density at radius 2 is 1.58 bits per heavy atom. The van der Waals surface area contributed by atoms with Gasteiger partial charge in [0.25, 0.3) is 0 Å². The topological polar surface area (TPSA) is 91.3 Å². The molecule has 8 nitrogen and oxygen atoms in total. The van der Waals surface area contributed by atoms with E-state index in [0.29, 0.717) is 42.7 Å². The minimum atomic E-state index is -3.55. The first-order chi connectivity index (χ1) is 16.0. The predicted molar refractivity (Wildman–Crippen MR) is 129 cm³/mol. The zero-order valence-electron chi connectivity index (χ0n) is 18.2. The molecule has 33 heavy (non-hydrogen) atoms. The highest BCUT2D eigenvalue weighted by molar-refractivity contribution is 7.89. The van der Waals surface area contributed by atoms with Gasteiger partial charge in [-0.2, -0.15) is 4.31 Å². The molecule has 9 heteroatoms. The second-order valence-corrected chi connectivity index (χ2v) is 9.90. The van der Waals surface area contributed by atoms with Crippen LogP contribution in [-0.4, -0.2) is 54.1 Å². The van der Waals surface area contributed by atoms with Gasteiger partial charge in [-0.15, -0.1) is 10.2 Å². The standard InChI is InChI=1S/C24H24N6O2S/c1-18-5-4-8-22(25-18)26-23-11-12-24(28-27-23)29-13-15-30(16-14-29)33(31,32)21-10-9-19-6-2-3-7-20(19)17-21/h2-12,17H,13-16H2,1H3,(H,25,26,27). The van der Waals surface area contributed by atoms with E-state index in [-0.39, 0.29) is 0 Å². The molecule has 0 bridgehead atoms. The van der Waals surface area contributed by atoms with E-state index in [1.807, 2.05) is 72.5 Å². The van der Waals surface area contributed by atoms with Crippen molar-refractivity contribution < 1.29 is 8.42 Å². The SMILES string of the molecule is Cc1cccc(Nc2ccc(N3CCN(S(=O)(=O)c4ccc5ccccc5c4)CC3)nn2)n1. The van der Waals surface area contributed by atoms with Gasteiger partial charge in [0.05, 0.1) is 4.90 Å². The van der Waals surface area contributed by atoms with E-state index in [2.05, 4.69) is 20.5 Å². The molecule has 0 unspecified atom stereocenters. The highest BCUT2D eigenvalue weighted by Gasteiger charge is 2.29. The summed E-state index contributed by atoms with van der Waals surface area (Å²) in [6.45, 7) is 3.81. The van der Waals surface area contributed by atoms with Crippen molar-refractivity contribution >= 4 is 38.2 Å². The Bertz CT molecular complexity index is 1380. The predicted octanol–water partition coefficient (Wildman–Crippen LogP) is 3.59. The average Bonchev–Trinajstić information content (AvgIpc) is 2.84. The first kappa shape index (κ1) is 21.3. The number of rotatable bonds is 5. The van der Waals surface area contributed by atoms with E-state index in [4.69, 9.17) is 0 Å². The van der Waals surface area contributed by atoms with E-state index < -0.39 is 10.0 Å². The summed E-state index contributed by atoms with van der Waals surface area (Å²) >= 11 is 0. The molecule has 1 aliphatic rings. The Labute approximate surface area is 193 Å². The molecule has 1 fully saturated rings. The molecule has 168 valence electrons. The zero-order chi connectivity index (χ0) is 22.8. The van der Waals surface area contributed by atoms with Crippen LogP contribution in [0.2, 0.25) is 0 Å². The van der Waals surface area contributed by atoms with Crippen molar-refractivity contribution in [3.05, 3.63) is 78.5 Å². The molecule has 2 aromatic carbocycles. The van der Waals surface area contributed by atoms with E-state index in [0.717, 1.165) is 22.3 Å². The number of sulfonamides is 1. The quantitative estimate of drug-likeness (QED) is 0.487. The van der Waals surface area contributed by atoms with Crippen LogP contribution in [-0.2, 0) is 10.0 Å². The van der Waals surface area contributed by atoms with Crippen molar-refractivity contribution in [2.75, 3.05) is 36.4 Å². The number of fused-ring (bicyclic) bond motifs is 1. The second kappa shape index (κ2) is 8.76. The van der Waals surface area contributed by atoms with Crippen LogP contribution < -0.4 is 10.2 Å². The summed E-state index contributed by atoms with van der Waals surface area (Å²) in [4.78, 5) is 6.78. The van der Waals surface area contributed by atoms with Crippen LogP contribution in [0.15, 0.2) is 77.7 Å². The average molecular weight is 461 g/mol. The summed E-state index contributed by atoms with van der Waals surface area (Å²) in [6, 6.07) is 22.5. The Kier molecular flexibility index (Phi) is 5.65. The van der Waals surface area contributed by atoms with Crippen LogP contribution in [0, 0.1) is 6.92 Å². The van der Waals surface area contributed by atoms with Crippen LogP contribution in [0.25, 0.3) is 10.8 Å². The normalized spacial score (nSPS) is 15.0.